The average Bonchev–Trinajstić information content (AvgIpc) is 2.53. The van der Waals surface area contributed by atoms with E-state index in [-0.39, 0.29) is 18.8 Å². The van der Waals surface area contributed by atoms with Crippen LogP contribution in [0.1, 0.15) is 24.5 Å². The fraction of sp³-hybridized carbons (Fsp3) is 0.278. The molecule has 0 aliphatic rings. The van der Waals surface area contributed by atoms with Crippen molar-refractivity contribution in [1.29, 1.82) is 0 Å². The topological polar surface area (TPSA) is 55.1 Å². The van der Waals surface area contributed by atoms with Crippen molar-refractivity contribution in [3.63, 3.8) is 0 Å². The maximum absolute atomic E-state index is 12.4. The van der Waals surface area contributed by atoms with E-state index in [0.29, 0.717) is 16.8 Å². The number of hydrogen-bond acceptors (Lipinski definition) is 2. The Kier molecular flexibility index (Phi) is 7.02. The summed E-state index contributed by atoms with van der Waals surface area (Å²) in [5.41, 5.74) is 6.45. The van der Waals surface area contributed by atoms with Crippen LogP contribution in [-0.2, 0) is 16.8 Å². The van der Waals surface area contributed by atoms with Gasteiger partial charge in [-0.25, -0.2) is 0 Å². The summed E-state index contributed by atoms with van der Waals surface area (Å²) in [5, 5.41) is 2.67. The average molecular weight is 373 g/mol. The summed E-state index contributed by atoms with van der Waals surface area (Å²) >= 11 is 0. The zero-order chi connectivity index (χ0) is 17.8. The van der Waals surface area contributed by atoms with Gasteiger partial charge in [0.05, 0.1) is 0 Å². The molecule has 0 aliphatic carbocycles. The lowest BCUT2D eigenvalue weighted by Gasteiger charge is -2.24. The molecule has 2 aromatic rings. The standard InChI is InChI=1S/C18H19F3N2O.ClH/c1-17(22,14-7-3-2-4-8-14)16(24)23-15-9-5-6-13(12-15)10-11-18(19,20)21;/h2-9,12H,10-11,22H2,1H3,(H,23,24);1H. The van der Waals surface area contributed by atoms with Crippen molar-refractivity contribution in [3.05, 3.63) is 65.7 Å². The number of benzene rings is 2. The van der Waals surface area contributed by atoms with Crippen LogP contribution >= 0.6 is 12.4 Å². The summed E-state index contributed by atoms with van der Waals surface area (Å²) in [6.07, 6.45) is -5.24. The molecule has 1 unspecified atom stereocenters. The van der Waals surface area contributed by atoms with E-state index in [2.05, 4.69) is 5.32 Å². The minimum Gasteiger partial charge on any atom is -0.324 e. The Bertz CT molecular complexity index is 703. The second-order valence-electron chi connectivity index (χ2n) is 5.84. The van der Waals surface area contributed by atoms with Gasteiger partial charge in [0.15, 0.2) is 0 Å². The van der Waals surface area contributed by atoms with Crippen LogP contribution in [0, 0.1) is 0 Å². The predicted octanol–water partition coefficient (Wildman–Crippen LogP) is 4.42. The largest absolute Gasteiger partial charge is 0.389 e. The van der Waals surface area contributed by atoms with E-state index in [4.69, 9.17) is 5.73 Å². The summed E-state index contributed by atoms with van der Waals surface area (Å²) in [7, 11) is 0. The summed E-state index contributed by atoms with van der Waals surface area (Å²) in [4.78, 5) is 12.4. The lowest BCUT2D eigenvalue weighted by molar-refractivity contribution is -0.134. The smallest absolute Gasteiger partial charge is 0.324 e. The van der Waals surface area contributed by atoms with Crippen molar-refractivity contribution in [1.82, 2.24) is 0 Å². The predicted molar refractivity (Wildman–Crippen MR) is 94.7 cm³/mol. The van der Waals surface area contributed by atoms with Gasteiger partial charge in [0.2, 0.25) is 5.91 Å². The molecule has 0 saturated heterocycles. The molecule has 0 aromatic heterocycles. The van der Waals surface area contributed by atoms with Crippen molar-refractivity contribution in [2.45, 2.75) is 31.5 Å². The molecule has 136 valence electrons. The van der Waals surface area contributed by atoms with Gasteiger partial charge in [0, 0.05) is 12.1 Å². The minimum absolute atomic E-state index is 0. The highest BCUT2D eigenvalue weighted by atomic mass is 35.5. The number of halogens is 4. The molecule has 2 aromatic carbocycles. The Morgan fingerprint density at radius 2 is 1.72 bits per heavy atom. The van der Waals surface area contributed by atoms with E-state index in [1.54, 1.807) is 49.4 Å². The molecule has 3 N–H and O–H groups in total. The zero-order valence-electron chi connectivity index (χ0n) is 13.6. The first-order valence-electron chi connectivity index (χ1n) is 7.50. The van der Waals surface area contributed by atoms with Crippen LogP contribution in [-0.4, -0.2) is 12.1 Å². The highest BCUT2D eigenvalue weighted by molar-refractivity contribution is 5.98. The highest BCUT2D eigenvalue weighted by Gasteiger charge is 2.30. The molecule has 1 amide bonds. The second-order valence-corrected chi connectivity index (χ2v) is 5.84. The summed E-state index contributed by atoms with van der Waals surface area (Å²) in [6.45, 7) is 1.59. The minimum atomic E-state index is -4.21. The number of aryl methyl sites for hydroxylation is 1. The van der Waals surface area contributed by atoms with Crippen LogP contribution in [0.5, 0.6) is 0 Å². The summed E-state index contributed by atoms with van der Waals surface area (Å²) in [5.74, 6) is -0.429. The van der Waals surface area contributed by atoms with E-state index in [9.17, 15) is 18.0 Å². The third-order valence-electron chi connectivity index (χ3n) is 3.73. The molecule has 0 bridgehead atoms. The first-order valence-corrected chi connectivity index (χ1v) is 7.50. The lowest BCUT2D eigenvalue weighted by Crippen LogP contribution is -2.45. The second kappa shape index (κ2) is 8.36. The molecule has 0 radical (unpaired) electrons. The fourth-order valence-corrected chi connectivity index (χ4v) is 2.27. The number of rotatable bonds is 5. The van der Waals surface area contributed by atoms with Gasteiger partial charge in [-0.3, -0.25) is 4.79 Å². The quantitative estimate of drug-likeness (QED) is 0.816. The number of hydrogen-bond donors (Lipinski definition) is 2. The van der Waals surface area contributed by atoms with Gasteiger partial charge in [0.25, 0.3) is 0 Å². The molecular weight excluding hydrogens is 353 g/mol. The van der Waals surface area contributed by atoms with Crippen LogP contribution in [0.3, 0.4) is 0 Å². The number of amides is 1. The Balaban J connectivity index is 0.00000312. The maximum atomic E-state index is 12.4. The van der Waals surface area contributed by atoms with Gasteiger partial charge in [-0.1, -0.05) is 42.5 Å². The Morgan fingerprint density at radius 1 is 1.08 bits per heavy atom. The number of anilines is 1. The SMILES string of the molecule is CC(N)(C(=O)Nc1cccc(CCC(F)(F)F)c1)c1ccccc1.Cl. The number of nitrogens with two attached hydrogens (primary N) is 1. The van der Waals surface area contributed by atoms with Crippen molar-refractivity contribution in [2.75, 3.05) is 5.32 Å². The molecule has 7 heteroatoms. The molecule has 0 aliphatic heterocycles. The van der Waals surface area contributed by atoms with Crippen molar-refractivity contribution in [3.8, 4) is 0 Å². The molecule has 0 saturated carbocycles. The fourth-order valence-electron chi connectivity index (χ4n) is 2.27. The number of alkyl halides is 3. The summed E-state index contributed by atoms with van der Waals surface area (Å²) < 4.78 is 36.9. The zero-order valence-corrected chi connectivity index (χ0v) is 14.5. The third kappa shape index (κ3) is 6.07. The molecule has 0 fully saturated rings. The molecule has 0 spiro atoms. The monoisotopic (exact) mass is 372 g/mol. The number of carbonyl (C=O) groups is 1. The van der Waals surface area contributed by atoms with Crippen LogP contribution in [0.15, 0.2) is 54.6 Å². The van der Waals surface area contributed by atoms with Gasteiger partial charge in [-0.05, 0) is 36.6 Å². The number of carbonyl (C=O) groups excluding carboxylic acids is 1. The molecule has 1 atom stereocenters. The third-order valence-corrected chi connectivity index (χ3v) is 3.73. The van der Waals surface area contributed by atoms with Gasteiger partial charge >= 0.3 is 6.18 Å². The lowest BCUT2D eigenvalue weighted by atomic mass is 9.92. The van der Waals surface area contributed by atoms with Gasteiger partial charge in [-0.2, -0.15) is 13.2 Å². The Labute approximate surface area is 150 Å². The van der Waals surface area contributed by atoms with Crippen LogP contribution < -0.4 is 11.1 Å². The number of nitrogens with one attached hydrogen (secondary N) is 1. The van der Waals surface area contributed by atoms with Gasteiger partial charge < -0.3 is 11.1 Å². The summed E-state index contributed by atoms with van der Waals surface area (Å²) in [6, 6.07) is 15.2. The first-order chi connectivity index (χ1) is 11.2. The van der Waals surface area contributed by atoms with Crippen LogP contribution in [0.2, 0.25) is 0 Å². The van der Waals surface area contributed by atoms with E-state index in [0.717, 1.165) is 0 Å². The van der Waals surface area contributed by atoms with Gasteiger partial charge in [-0.15, -0.1) is 12.4 Å². The molecule has 0 heterocycles. The van der Waals surface area contributed by atoms with Crippen molar-refractivity contribution < 1.29 is 18.0 Å². The van der Waals surface area contributed by atoms with E-state index >= 15 is 0 Å². The maximum Gasteiger partial charge on any atom is 0.389 e. The molecule has 25 heavy (non-hydrogen) atoms. The van der Waals surface area contributed by atoms with E-state index in [1.165, 1.54) is 6.07 Å². The molecule has 3 nitrogen and oxygen atoms in total. The first kappa shape index (κ1) is 21.0. The highest BCUT2D eigenvalue weighted by Crippen LogP contribution is 2.24. The van der Waals surface area contributed by atoms with Crippen LogP contribution in [0.4, 0.5) is 18.9 Å². The van der Waals surface area contributed by atoms with E-state index < -0.39 is 24.0 Å². The molecule has 2 rings (SSSR count). The normalized spacial score (nSPS) is 13.5. The van der Waals surface area contributed by atoms with Crippen molar-refractivity contribution in [2.24, 2.45) is 5.73 Å². The molecular formula is C18H20ClF3N2O. The van der Waals surface area contributed by atoms with Crippen molar-refractivity contribution >= 4 is 24.0 Å². The Morgan fingerprint density at radius 3 is 2.32 bits per heavy atom. The van der Waals surface area contributed by atoms with Gasteiger partial charge in [0.1, 0.15) is 5.54 Å². The Hall–Kier alpha value is -2.05. The van der Waals surface area contributed by atoms with Crippen LogP contribution in [0.25, 0.3) is 0 Å². The van der Waals surface area contributed by atoms with E-state index in [1.807, 2.05) is 6.07 Å².